The Labute approximate surface area is 126 Å². The SMILES string of the molecule is CC1(C)CCC(OCc2cc3ccccc3nc2N)CC1. The van der Waals surface area contributed by atoms with Crippen molar-refractivity contribution in [2.45, 2.75) is 52.2 Å². The Morgan fingerprint density at radius 2 is 1.95 bits per heavy atom. The second-order valence-corrected chi connectivity index (χ2v) is 6.90. The zero-order valence-electron chi connectivity index (χ0n) is 12.9. The fourth-order valence-corrected chi connectivity index (χ4v) is 3.04. The van der Waals surface area contributed by atoms with Crippen LogP contribution in [0.25, 0.3) is 10.9 Å². The van der Waals surface area contributed by atoms with Gasteiger partial charge in [-0.05, 0) is 43.2 Å². The lowest BCUT2D eigenvalue weighted by atomic mass is 9.76. The second kappa shape index (κ2) is 5.64. The van der Waals surface area contributed by atoms with Crippen molar-refractivity contribution in [3.05, 3.63) is 35.9 Å². The van der Waals surface area contributed by atoms with E-state index < -0.39 is 0 Å². The number of nitrogen functional groups attached to an aromatic ring is 1. The number of anilines is 1. The molecular formula is C18H24N2O. The van der Waals surface area contributed by atoms with E-state index in [9.17, 15) is 0 Å². The van der Waals surface area contributed by atoms with Crippen molar-refractivity contribution in [2.24, 2.45) is 5.41 Å². The molecule has 21 heavy (non-hydrogen) atoms. The van der Waals surface area contributed by atoms with Crippen LogP contribution in [-0.4, -0.2) is 11.1 Å². The Bertz CT molecular complexity index is 626. The smallest absolute Gasteiger partial charge is 0.129 e. The number of nitrogens with zero attached hydrogens (tertiary/aromatic N) is 1. The van der Waals surface area contributed by atoms with Crippen molar-refractivity contribution in [1.82, 2.24) is 4.98 Å². The van der Waals surface area contributed by atoms with Gasteiger partial charge in [0.2, 0.25) is 0 Å². The van der Waals surface area contributed by atoms with Crippen LogP contribution in [0.5, 0.6) is 0 Å². The fraction of sp³-hybridized carbons (Fsp3) is 0.500. The van der Waals surface area contributed by atoms with Gasteiger partial charge < -0.3 is 10.5 Å². The number of pyridine rings is 1. The van der Waals surface area contributed by atoms with Crippen molar-refractivity contribution in [3.8, 4) is 0 Å². The minimum atomic E-state index is 0.365. The molecule has 0 radical (unpaired) electrons. The lowest BCUT2D eigenvalue weighted by Crippen LogP contribution is -2.26. The number of para-hydroxylation sites is 1. The molecule has 1 aromatic carbocycles. The summed E-state index contributed by atoms with van der Waals surface area (Å²) in [4.78, 5) is 4.46. The van der Waals surface area contributed by atoms with E-state index in [1.54, 1.807) is 0 Å². The molecule has 0 amide bonds. The highest BCUT2D eigenvalue weighted by atomic mass is 16.5. The number of hydrogen-bond acceptors (Lipinski definition) is 3. The third-order valence-electron chi connectivity index (χ3n) is 4.60. The number of nitrogens with two attached hydrogens (primary N) is 1. The largest absolute Gasteiger partial charge is 0.383 e. The normalized spacial score (nSPS) is 19.0. The highest BCUT2D eigenvalue weighted by Crippen LogP contribution is 2.36. The molecular weight excluding hydrogens is 260 g/mol. The van der Waals surface area contributed by atoms with E-state index in [0.717, 1.165) is 29.3 Å². The average Bonchev–Trinajstić information content (AvgIpc) is 2.46. The van der Waals surface area contributed by atoms with Crippen molar-refractivity contribution < 1.29 is 4.74 Å². The number of rotatable bonds is 3. The third kappa shape index (κ3) is 3.35. The summed E-state index contributed by atoms with van der Waals surface area (Å²) in [7, 11) is 0. The van der Waals surface area contributed by atoms with Crippen molar-refractivity contribution in [1.29, 1.82) is 0 Å². The molecule has 1 saturated carbocycles. The third-order valence-corrected chi connectivity index (χ3v) is 4.60. The van der Waals surface area contributed by atoms with E-state index >= 15 is 0 Å². The van der Waals surface area contributed by atoms with Gasteiger partial charge in [-0.1, -0.05) is 32.0 Å². The standard InChI is InChI=1S/C18H24N2O/c1-18(2)9-7-15(8-10-18)21-12-14-11-13-5-3-4-6-16(13)20-17(14)19/h3-6,11,15H,7-10,12H2,1-2H3,(H2,19,20). The maximum atomic E-state index is 6.07. The van der Waals surface area contributed by atoms with Gasteiger partial charge in [-0.2, -0.15) is 0 Å². The molecule has 0 aliphatic heterocycles. The van der Waals surface area contributed by atoms with Gasteiger partial charge in [-0.3, -0.25) is 0 Å². The van der Waals surface area contributed by atoms with Crippen LogP contribution in [-0.2, 0) is 11.3 Å². The molecule has 2 aromatic rings. The topological polar surface area (TPSA) is 48.1 Å². The zero-order valence-corrected chi connectivity index (χ0v) is 12.9. The minimum absolute atomic E-state index is 0.365. The van der Waals surface area contributed by atoms with E-state index in [2.05, 4.69) is 31.0 Å². The van der Waals surface area contributed by atoms with Crippen LogP contribution >= 0.6 is 0 Å². The highest BCUT2D eigenvalue weighted by Gasteiger charge is 2.27. The van der Waals surface area contributed by atoms with Gasteiger partial charge in [0.25, 0.3) is 0 Å². The molecule has 3 nitrogen and oxygen atoms in total. The van der Waals surface area contributed by atoms with Crippen LogP contribution in [0.3, 0.4) is 0 Å². The van der Waals surface area contributed by atoms with Crippen LogP contribution in [0.15, 0.2) is 30.3 Å². The molecule has 0 saturated heterocycles. The van der Waals surface area contributed by atoms with Gasteiger partial charge >= 0.3 is 0 Å². The van der Waals surface area contributed by atoms with E-state index in [4.69, 9.17) is 10.5 Å². The lowest BCUT2D eigenvalue weighted by Gasteiger charge is -2.34. The Kier molecular flexibility index (Phi) is 3.85. The molecule has 3 rings (SSSR count). The maximum Gasteiger partial charge on any atom is 0.129 e. The number of ether oxygens (including phenoxy) is 1. The number of hydrogen-bond donors (Lipinski definition) is 1. The number of fused-ring (bicyclic) bond motifs is 1. The summed E-state index contributed by atoms with van der Waals surface area (Å²) >= 11 is 0. The fourth-order valence-electron chi connectivity index (χ4n) is 3.04. The van der Waals surface area contributed by atoms with Crippen LogP contribution in [0, 0.1) is 5.41 Å². The maximum absolute atomic E-state index is 6.07. The average molecular weight is 284 g/mol. The van der Waals surface area contributed by atoms with Gasteiger partial charge in [-0.15, -0.1) is 0 Å². The summed E-state index contributed by atoms with van der Waals surface area (Å²) in [6.07, 6.45) is 5.14. The predicted molar refractivity (Wildman–Crippen MR) is 87.0 cm³/mol. The Morgan fingerprint density at radius 3 is 2.71 bits per heavy atom. The summed E-state index contributed by atoms with van der Waals surface area (Å²) in [5, 5.41) is 1.12. The molecule has 0 unspecified atom stereocenters. The summed E-state index contributed by atoms with van der Waals surface area (Å²) in [6, 6.07) is 10.2. The number of benzene rings is 1. The van der Waals surface area contributed by atoms with E-state index in [1.807, 2.05) is 18.2 Å². The summed E-state index contributed by atoms with van der Waals surface area (Å²) in [5.74, 6) is 0.588. The number of aromatic nitrogens is 1. The van der Waals surface area contributed by atoms with Crippen molar-refractivity contribution >= 4 is 16.7 Å². The van der Waals surface area contributed by atoms with Crippen molar-refractivity contribution in [2.75, 3.05) is 5.73 Å². The van der Waals surface area contributed by atoms with Gasteiger partial charge in [0.05, 0.1) is 18.2 Å². The molecule has 112 valence electrons. The summed E-state index contributed by atoms with van der Waals surface area (Å²) in [6.45, 7) is 5.25. The Morgan fingerprint density at radius 1 is 1.24 bits per heavy atom. The monoisotopic (exact) mass is 284 g/mol. The van der Waals surface area contributed by atoms with Crippen LogP contribution in [0.1, 0.15) is 45.1 Å². The molecule has 0 atom stereocenters. The minimum Gasteiger partial charge on any atom is -0.383 e. The molecule has 1 aliphatic rings. The van der Waals surface area contributed by atoms with Gasteiger partial charge in [0.15, 0.2) is 0 Å². The van der Waals surface area contributed by atoms with E-state index in [-0.39, 0.29) is 0 Å². The molecule has 2 N–H and O–H groups in total. The van der Waals surface area contributed by atoms with Crippen LogP contribution in [0.4, 0.5) is 5.82 Å². The van der Waals surface area contributed by atoms with E-state index in [0.29, 0.717) is 23.9 Å². The molecule has 1 aromatic heterocycles. The van der Waals surface area contributed by atoms with Gasteiger partial charge in [0.1, 0.15) is 5.82 Å². The second-order valence-electron chi connectivity index (χ2n) is 6.90. The quantitative estimate of drug-likeness (QED) is 0.914. The Hall–Kier alpha value is -1.61. The highest BCUT2D eigenvalue weighted by molar-refractivity contribution is 5.81. The predicted octanol–water partition coefficient (Wildman–Crippen LogP) is 4.30. The van der Waals surface area contributed by atoms with Gasteiger partial charge in [-0.25, -0.2) is 4.98 Å². The summed E-state index contributed by atoms with van der Waals surface area (Å²) in [5.41, 5.74) is 8.47. The Balaban J connectivity index is 1.67. The first-order valence-corrected chi connectivity index (χ1v) is 7.79. The first kappa shape index (κ1) is 14.3. The van der Waals surface area contributed by atoms with E-state index in [1.165, 1.54) is 12.8 Å². The zero-order chi connectivity index (χ0) is 14.9. The molecule has 0 bridgehead atoms. The molecule has 1 heterocycles. The van der Waals surface area contributed by atoms with Crippen LogP contribution in [0.2, 0.25) is 0 Å². The van der Waals surface area contributed by atoms with Crippen molar-refractivity contribution in [3.63, 3.8) is 0 Å². The molecule has 0 spiro atoms. The lowest BCUT2D eigenvalue weighted by molar-refractivity contribution is -0.00539. The summed E-state index contributed by atoms with van der Waals surface area (Å²) < 4.78 is 6.07. The van der Waals surface area contributed by atoms with Gasteiger partial charge in [0, 0.05) is 10.9 Å². The van der Waals surface area contributed by atoms with Crippen LogP contribution < -0.4 is 5.73 Å². The first-order valence-electron chi connectivity index (χ1n) is 7.79. The molecule has 1 aliphatic carbocycles. The molecule has 3 heteroatoms. The molecule has 1 fully saturated rings. The first-order chi connectivity index (χ1) is 10.0.